The maximum atomic E-state index is 11.3. The molecule has 1 amide bonds. The molecule has 27 heavy (non-hydrogen) atoms. The summed E-state index contributed by atoms with van der Waals surface area (Å²) >= 11 is 0. The minimum atomic E-state index is -0.442. The number of primary amides is 1. The van der Waals surface area contributed by atoms with Gasteiger partial charge in [-0.1, -0.05) is 30.3 Å². The lowest BCUT2D eigenvalue weighted by molar-refractivity contribution is 0.1000. The minimum Gasteiger partial charge on any atom is -0.492 e. The highest BCUT2D eigenvalue weighted by Gasteiger charge is 2.03. The van der Waals surface area contributed by atoms with Crippen LogP contribution in [0.3, 0.4) is 0 Å². The van der Waals surface area contributed by atoms with E-state index in [4.69, 9.17) is 10.5 Å². The zero-order valence-electron chi connectivity index (χ0n) is 14.8. The molecule has 0 unspecified atom stereocenters. The number of amides is 1. The zero-order chi connectivity index (χ0) is 18.9. The molecule has 7 nitrogen and oxygen atoms in total. The third-order valence-electron chi connectivity index (χ3n) is 3.74. The lowest BCUT2D eigenvalue weighted by Gasteiger charge is -2.10. The van der Waals surface area contributed by atoms with E-state index in [9.17, 15) is 4.79 Å². The van der Waals surface area contributed by atoms with Crippen LogP contribution < -0.4 is 21.1 Å². The highest BCUT2D eigenvalue weighted by molar-refractivity contribution is 5.92. The number of hydrogen-bond acceptors (Lipinski definition) is 6. The highest BCUT2D eigenvalue weighted by Crippen LogP contribution is 2.11. The van der Waals surface area contributed by atoms with Crippen LogP contribution in [0.2, 0.25) is 0 Å². The first-order valence-electron chi connectivity index (χ1n) is 8.58. The van der Waals surface area contributed by atoms with Crippen molar-refractivity contribution in [2.45, 2.75) is 6.54 Å². The molecule has 0 aliphatic carbocycles. The summed E-state index contributed by atoms with van der Waals surface area (Å²) in [7, 11) is 0. The van der Waals surface area contributed by atoms with Gasteiger partial charge < -0.3 is 21.1 Å². The topological polar surface area (TPSA) is 102 Å². The van der Waals surface area contributed by atoms with Crippen LogP contribution in [0.15, 0.2) is 66.9 Å². The van der Waals surface area contributed by atoms with Crippen LogP contribution in [0.1, 0.15) is 15.9 Å². The Hall–Kier alpha value is -3.61. The Bertz CT molecular complexity index is 886. The normalized spacial score (nSPS) is 10.2. The molecular formula is C20H21N5O2. The lowest BCUT2D eigenvalue weighted by atomic mass is 10.1. The van der Waals surface area contributed by atoms with Crippen molar-refractivity contribution in [1.82, 2.24) is 9.97 Å². The molecule has 0 aliphatic heterocycles. The minimum absolute atomic E-state index is 0.442. The number of nitrogens with one attached hydrogen (secondary N) is 2. The van der Waals surface area contributed by atoms with E-state index in [1.54, 1.807) is 30.5 Å². The molecule has 0 radical (unpaired) electrons. The Balaban J connectivity index is 1.48. The van der Waals surface area contributed by atoms with E-state index < -0.39 is 5.91 Å². The molecule has 0 saturated carbocycles. The summed E-state index contributed by atoms with van der Waals surface area (Å²) in [5.41, 5.74) is 6.73. The quantitative estimate of drug-likeness (QED) is 0.505. The molecule has 0 aliphatic rings. The van der Waals surface area contributed by atoms with E-state index >= 15 is 0 Å². The van der Waals surface area contributed by atoms with Gasteiger partial charge in [0.2, 0.25) is 11.9 Å². The number of ether oxygens (including phenoxy) is 1. The average Bonchev–Trinajstić information content (AvgIpc) is 2.71. The first-order chi connectivity index (χ1) is 13.2. The standard InChI is InChI=1S/C20H21N5O2/c21-19(26)16-6-4-5-15(13-16)14-24-18-9-10-22-20(25-18)23-11-12-27-17-7-2-1-3-8-17/h1-10,13H,11-12,14H2,(H2,21,26)(H2,22,23,24,25). The maximum Gasteiger partial charge on any atom is 0.248 e. The predicted molar refractivity (Wildman–Crippen MR) is 105 cm³/mol. The first kappa shape index (κ1) is 18.2. The Kier molecular flexibility index (Phi) is 6.19. The summed E-state index contributed by atoms with van der Waals surface area (Å²) in [6.45, 7) is 1.61. The third-order valence-corrected chi connectivity index (χ3v) is 3.74. The molecular weight excluding hydrogens is 342 g/mol. The molecule has 138 valence electrons. The van der Waals surface area contributed by atoms with Gasteiger partial charge in [0.25, 0.3) is 0 Å². The van der Waals surface area contributed by atoms with Gasteiger partial charge in [0.05, 0.1) is 6.54 Å². The molecule has 0 bridgehead atoms. The summed E-state index contributed by atoms with van der Waals surface area (Å²) in [6.07, 6.45) is 1.68. The molecule has 0 spiro atoms. The van der Waals surface area contributed by atoms with Gasteiger partial charge in [0.15, 0.2) is 0 Å². The summed E-state index contributed by atoms with van der Waals surface area (Å²) < 4.78 is 5.62. The molecule has 1 aromatic heterocycles. The van der Waals surface area contributed by atoms with Gasteiger partial charge >= 0.3 is 0 Å². The summed E-state index contributed by atoms with van der Waals surface area (Å²) in [4.78, 5) is 19.9. The van der Waals surface area contributed by atoms with Crippen molar-refractivity contribution in [3.8, 4) is 5.75 Å². The van der Waals surface area contributed by atoms with Crippen molar-refractivity contribution >= 4 is 17.7 Å². The fraction of sp³-hybridized carbons (Fsp3) is 0.150. The largest absolute Gasteiger partial charge is 0.492 e. The van der Waals surface area contributed by atoms with Crippen molar-refractivity contribution < 1.29 is 9.53 Å². The van der Waals surface area contributed by atoms with Crippen LogP contribution in [0, 0.1) is 0 Å². The van der Waals surface area contributed by atoms with E-state index in [0.29, 0.717) is 37.0 Å². The van der Waals surface area contributed by atoms with Crippen LogP contribution in [0.5, 0.6) is 5.75 Å². The highest BCUT2D eigenvalue weighted by atomic mass is 16.5. The van der Waals surface area contributed by atoms with Gasteiger partial charge in [-0.05, 0) is 35.9 Å². The number of nitrogens with zero attached hydrogens (tertiary/aromatic N) is 2. The lowest BCUT2D eigenvalue weighted by Crippen LogP contribution is -2.14. The molecule has 1 heterocycles. The molecule has 4 N–H and O–H groups in total. The molecule has 3 aromatic rings. The summed E-state index contributed by atoms with van der Waals surface area (Å²) in [6, 6.07) is 18.6. The summed E-state index contributed by atoms with van der Waals surface area (Å²) in [5.74, 6) is 1.58. The number of hydrogen-bond donors (Lipinski definition) is 3. The van der Waals surface area contributed by atoms with Crippen molar-refractivity contribution in [3.05, 3.63) is 78.0 Å². The van der Waals surface area contributed by atoms with Gasteiger partial charge in [-0.2, -0.15) is 4.98 Å². The number of anilines is 2. The van der Waals surface area contributed by atoms with Crippen LogP contribution in [0.25, 0.3) is 0 Å². The van der Waals surface area contributed by atoms with Crippen LogP contribution in [0.4, 0.5) is 11.8 Å². The van der Waals surface area contributed by atoms with E-state index in [2.05, 4.69) is 20.6 Å². The van der Waals surface area contributed by atoms with Gasteiger partial charge in [-0.15, -0.1) is 0 Å². The second-order valence-electron chi connectivity index (χ2n) is 5.77. The van der Waals surface area contributed by atoms with Crippen LogP contribution in [-0.4, -0.2) is 29.0 Å². The SMILES string of the molecule is NC(=O)c1cccc(CNc2ccnc(NCCOc3ccccc3)n2)c1. The van der Waals surface area contributed by atoms with E-state index in [-0.39, 0.29) is 0 Å². The number of carbonyl (C=O) groups is 1. The van der Waals surface area contributed by atoms with Crippen molar-refractivity contribution in [2.75, 3.05) is 23.8 Å². The van der Waals surface area contributed by atoms with Gasteiger partial charge in [0.1, 0.15) is 18.2 Å². The van der Waals surface area contributed by atoms with Crippen molar-refractivity contribution in [1.29, 1.82) is 0 Å². The zero-order valence-corrected chi connectivity index (χ0v) is 14.8. The number of benzene rings is 2. The Morgan fingerprint density at radius 2 is 1.89 bits per heavy atom. The Morgan fingerprint density at radius 1 is 1.04 bits per heavy atom. The summed E-state index contributed by atoms with van der Waals surface area (Å²) in [5, 5.41) is 6.34. The monoisotopic (exact) mass is 363 g/mol. The number of rotatable bonds is 9. The van der Waals surface area contributed by atoms with E-state index in [0.717, 1.165) is 11.3 Å². The van der Waals surface area contributed by atoms with E-state index in [1.807, 2.05) is 36.4 Å². The smallest absolute Gasteiger partial charge is 0.248 e. The van der Waals surface area contributed by atoms with Crippen LogP contribution in [-0.2, 0) is 6.54 Å². The van der Waals surface area contributed by atoms with Crippen molar-refractivity contribution in [3.63, 3.8) is 0 Å². The van der Waals surface area contributed by atoms with Gasteiger partial charge in [-0.25, -0.2) is 4.98 Å². The molecule has 3 rings (SSSR count). The first-order valence-corrected chi connectivity index (χ1v) is 8.58. The second kappa shape index (κ2) is 9.19. The molecule has 0 atom stereocenters. The Morgan fingerprint density at radius 3 is 2.70 bits per heavy atom. The Labute approximate surface area is 157 Å². The molecule has 2 aromatic carbocycles. The predicted octanol–water partition coefficient (Wildman–Crippen LogP) is 2.68. The maximum absolute atomic E-state index is 11.3. The van der Waals surface area contributed by atoms with Crippen LogP contribution >= 0.6 is 0 Å². The second-order valence-corrected chi connectivity index (χ2v) is 5.77. The number of para-hydroxylation sites is 1. The number of carbonyl (C=O) groups excluding carboxylic acids is 1. The van der Waals surface area contributed by atoms with Gasteiger partial charge in [0, 0.05) is 18.3 Å². The van der Waals surface area contributed by atoms with Crippen molar-refractivity contribution in [2.24, 2.45) is 5.73 Å². The molecule has 0 fully saturated rings. The molecule has 7 heteroatoms. The average molecular weight is 363 g/mol. The number of aromatic nitrogens is 2. The fourth-order valence-electron chi connectivity index (χ4n) is 2.42. The third kappa shape index (κ3) is 5.71. The van der Waals surface area contributed by atoms with E-state index in [1.165, 1.54) is 0 Å². The van der Waals surface area contributed by atoms with Gasteiger partial charge in [-0.3, -0.25) is 4.79 Å². The fourth-order valence-corrected chi connectivity index (χ4v) is 2.42. The number of nitrogens with two attached hydrogens (primary N) is 1. The molecule has 0 saturated heterocycles.